The maximum Gasteiger partial charge on any atom is 0.237 e. The maximum absolute atomic E-state index is 13.2. The molecule has 1 atom stereocenters. The Morgan fingerprint density at radius 2 is 1.76 bits per heavy atom. The van der Waals surface area contributed by atoms with Crippen molar-refractivity contribution >= 4 is 28.7 Å². The predicted molar refractivity (Wildman–Crippen MR) is 127 cm³/mol. The fraction of sp³-hybridized carbons (Fsp3) is 0.280. The zero-order chi connectivity index (χ0) is 22.5. The van der Waals surface area contributed by atoms with Crippen LogP contribution >= 0.6 is 11.7 Å². The van der Waals surface area contributed by atoms with Gasteiger partial charge in [0.1, 0.15) is 11.0 Å². The molecule has 0 aliphatic carbocycles. The lowest BCUT2D eigenvalue weighted by atomic mass is 10.2. The first-order valence-corrected chi connectivity index (χ1v) is 11.7. The van der Waals surface area contributed by atoms with Crippen molar-refractivity contribution < 1.29 is 9.53 Å². The quantitative estimate of drug-likeness (QED) is 0.421. The van der Waals surface area contributed by atoms with Crippen LogP contribution in [0, 0.1) is 0 Å². The van der Waals surface area contributed by atoms with Crippen molar-refractivity contribution in [2.24, 2.45) is 0 Å². The van der Waals surface area contributed by atoms with Gasteiger partial charge in [-0.15, -0.1) is 0 Å². The fourth-order valence-electron chi connectivity index (χ4n) is 4.11. The molecule has 1 aliphatic heterocycles. The lowest BCUT2D eigenvalue weighted by Gasteiger charge is -2.25. The Balaban J connectivity index is 1.33. The Morgan fingerprint density at radius 1 is 0.909 bits per heavy atom. The Morgan fingerprint density at radius 3 is 2.61 bits per heavy atom. The molecule has 0 spiro atoms. The Kier molecular flexibility index (Phi) is 6.66. The molecule has 8 heteroatoms. The molecule has 4 aromatic rings. The number of benzene rings is 2. The number of aromatic nitrogens is 3. The maximum atomic E-state index is 13.2. The van der Waals surface area contributed by atoms with Crippen molar-refractivity contribution in [1.29, 1.82) is 0 Å². The Bertz CT molecular complexity index is 1200. The third-order valence-electron chi connectivity index (χ3n) is 5.75. The second-order valence-corrected chi connectivity index (χ2v) is 8.84. The Labute approximate surface area is 197 Å². The minimum absolute atomic E-state index is 0.106. The van der Waals surface area contributed by atoms with Crippen LogP contribution in [-0.2, 0) is 29.2 Å². The summed E-state index contributed by atoms with van der Waals surface area (Å²) in [6.45, 7) is 3.29. The summed E-state index contributed by atoms with van der Waals surface area (Å²) in [5.74, 6) is 0.114. The second-order valence-electron chi connectivity index (χ2n) is 8.31. The number of nitrogens with zero attached hydrogens (tertiary/aromatic N) is 5. The van der Waals surface area contributed by atoms with Gasteiger partial charge in [-0.05, 0) is 34.9 Å². The molecule has 7 nitrogen and oxygen atoms in total. The molecule has 0 N–H and O–H groups in total. The van der Waals surface area contributed by atoms with Gasteiger partial charge < -0.3 is 9.64 Å². The van der Waals surface area contributed by atoms with Crippen molar-refractivity contribution in [3.8, 4) is 0 Å². The molecular formula is C25H25N5O2S. The summed E-state index contributed by atoms with van der Waals surface area (Å²) in [4.78, 5) is 21.5. The number of fused-ring (bicyclic) bond motifs is 1. The number of rotatable bonds is 7. The van der Waals surface area contributed by atoms with Gasteiger partial charge in [0.25, 0.3) is 0 Å². The average Bonchev–Trinajstić information content (AvgIpc) is 3.25. The minimum atomic E-state index is -0.106. The highest BCUT2D eigenvalue weighted by molar-refractivity contribution is 7.00. The van der Waals surface area contributed by atoms with Crippen LogP contribution in [0.3, 0.4) is 0 Å². The number of hydrogen-bond donors (Lipinski definition) is 0. The zero-order valence-corrected chi connectivity index (χ0v) is 19.0. The summed E-state index contributed by atoms with van der Waals surface area (Å²) in [5, 5.41) is 0. The van der Waals surface area contributed by atoms with E-state index in [0.717, 1.165) is 27.7 Å². The SMILES string of the molecule is O=C1CN(Cc2ccc3nsnc3c2)CC(OCc2cccnc2)CN1Cc1ccccc1. The highest BCUT2D eigenvalue weighted by atomic mass is 32.1. The summed E-state index contributed by atoms with van der Waals surface area (Å²) in [6.07, 6.45) is 3.47. The fourth-order valence-corrected chi connectivity index (χ4v) is 4.63. The molecule has 0 saturated carbocycles. The molecule has 5 rings (SSSR count). The van der Waals surface area contributed by atoms with Crippen LogP contribution < -0.4 is 0 Å². The highest BCUT2D eigenvalue weighted by Gasteiger charge is 2.28. The molecule has 1 fully saturated rings. The smallest absolute Gasteiger partial charge is 0.237 e. The minimum Gasteiger partial charge on any atom is -0.370 e. The molecule has 1 amide bonds. The molecule has 1 unspecified atom stereocenters. The summed E-state index contributed by atoms with van der Waals surface area (Å²) >= 11 is 1.22. The second kappa shape index (κ2) is 10.2. The largest absolute Gasteiger partial charge is 0.370 e. The monoisotopic (exact) mass is 459 g/mol. The number of amides is 1. The van der Waals surface area contributed by atoms with Gasteiger partial charge in [0.2, 0.25) is 5.91 Å². The van der Waals surface area contributed by atoms with E-state index >= 15 is 0 Å². The van der Waals surface area contributed by atoms with Gasteiger partial charge in [-0.25, -0.2) is 0 Å². The van der Waals surface area contributed by atoms with Crippen LogP contribution in [0.5, 0.6) is 0 Å². The van der Waals surface area contributed by atoms with E-state index in [4.69, 9.17) is 4.74 Å². The molecule has 168 valence electrons. The van der Waals surface area contributed by atoms with Gasteiger partial charge >= 0.3 is 0 Å². The van der Waals surface area contributed by atoms with Crippen molar-refractivity contribution in [1.82, 2.24) is 23.5 Å². The summed E-state index contributed by atoms with van der Waals surface area (Å²) in [6, 6.07) is 20.1. The molecule has 33 heavy (non-hydrogen) atoms. The first kappa shape index (κ1) is 21.6. The van der Waals surface area contributed by atoms with Gasteiger partial charge in [0, 0.05) is 38.6 Å². The van der Waals surface area contributed by atoms with Gasteiger partial charge in [0.15, 0.2) is 0 Å². The van der Waals surface area contributed by atoms with E-state index in [1.807, 2.05) is 47.5 Å². The van der Waals surface area contributed by atoms with Gasteiger partial charge in [-0.3, -0.25) is 14.7 Å². The number of ether oxygens (including phenoxy) is 1. The summed E-state index contributed by atoms with van der Waals surface area (Å²) in [5.41, 5.74) is 5.06. The van der Waals surface area contributed by atoms with E-state index in [2.05, 4.69) is 42.9 Å². The molecule has 0 bridgehead atoms. The van der Waals surface area contributed by atoms with E-state index < -0.39 is 0 Å². The topological polar surface area (TPSA) is 71.5 Å². The first-order valence-electron chi connectivity index (χ1n) is 11.0. The number of carbonyl (C=O) groups excluding carboxylic acids is 1. The van der Waals surface area contributed by atoms with Crippen LogP contribution in [0.15, 0.2) is 73.1 Å². The van der Waals surface area contributed by atoms with Gasteiger partial charge in [-0.1, -0.05) is 42.5 Å². The number of carbonyl (C=O) groups is 1. The van der Waals surface area contributed by atoms with E-state index in [1.54, 1.807) is 6.20 Å². The molecular weight excluding hydrogens is 434 g/mol. The van der Waals surface area contributed by atoms with Gasteiger partial charge in [0.05, 0.1) is 31.0 Å². The Hall–Kier alpha value is -3.20. The van der Waals surface area contributed by atoms with Crippen LogP contribution in [0.1, 0.15) is 16.7 Å². The first-order chi connectivity index (χ1) is 16.2. The molecule has 3 heterocycles. The van der Waals surface area contributed by atoms with Crippen molar-refractivity contribution in [3.05, 3.63) is 89.7 Å². The van der Waals surface area contributed by atoms with Crippen molar-refractivity contribution in [3.63, 3.8) is 0 Å². The highest BCUT2D eigenvalue weighted by Crippen LogP contribution is 2.18. The van der Waals surface area contributed by atoms with Crippen LogP contribution in [0.4, 0.5) is 0 Å². The average molecular weight is 460 g/mol. The third-order valence-corrected chi connectivity index (χ3v) is 6.30. The molecule has 1 saturated heterocycles. The van der Waals surface area contributed by atoms with Crippen molar-refractivity contribution in [2.75, 3.05) is 19.6 Å². The molecule has 2 aromatic heterocycles. The van der Waals surface area contributed by atoms with E-state index in [9.17, 15) is 4.79 Å². The van der Waals surface area contributed by atoms with Crippen molar-refractivity contribution in [2.45, 2.75) is 25.8 Å². The summed E-state index contributed by atoms with van der Waals surface area (Å²) in [7, 11) is 0. The molecule has 2 aromatic carbocycles. The van der Waals surface area contributed by atoms with E-state index in [0.29, 0.717) is 39.3 Å². The summed E-state index contributed by atoms with van der Waals surface area (Å²) < 4.78 is 14.9. The number of hydrogen-bond acceptors (Lipinski definition) is 7. The van der Waals surface area contributed by atoms with Crippen LogP contribution in [0.25, 0.3) is 11.0 Å². The van der Waals surface area contributed by atoms with E-state index in [1.165, 1.54) is 11.7 Å². The molecule has 0 radical (unpaired) electrons. The van der Waals surface area contributed by atoms with Crippen LogP contribution in [0.2, 0.25) is 0 Å². The van der Waals surface area contributed by atoms with Gasteiger partial charge in [-0.2, -0.15) is 8.75 Å². The van der Waals surface area contributed by atoms with E-state index in [-0.39, 0.29) is 12.0 Å². The normalized spacial score (nSPS) is 17.4. The third kappa shape index (κ3) is 5.60. The molecule has 1 aliphatic rings. The van der Waals surface area contributed by atoms with Crippen LogP contribution in [-0.4, -0.2) is 55.2 Å². The predicted octanol–water partition coefficient (Wildman–Crippen LogP) is 3.52. The zero-order valence-electron chi connectivity index (χ0n) is 18.2. The number of pyridine rings is 1. The standard InChI is InChI=1S/C25H25N5O2S/c31-25-17-29(13-20-8-9-23-24(11-20)28-33-27-23)15-22(32-18-21-7-4-10-26-12-21)16-30(25)14-19-5-2-1-3-6-19/h1-12,22H,13-18H2. The lowest BCUT2D eigenvalue weighted by Crippen LogP contribution is -2.37. The lowest BCUT2D eigenvalue weighted by molar-refractivity contribution is -0.132.